The van der Waals surface area contributed by atoms with E-state index in [1.807, 2.05) is 37.3 Å². The lowest BCUT2D eigenvalue weighted by molar-refractivity contribution is -0.120. The molecular weight excluding hydrogens is 169 g/mol. The summed E-state index contributed by atoms with van der Waals surface area (Å²) < 4.78 is 0. The maximum Gasteiger partial charge on any atom is 0.230 e. The monoisotopic (exact) mass is 181 g/mol. The van der Waals surface area contributed by atoms with E-state index in [1.54, 1.807) is 0 Å². The highest BCUT2D eigenvalue weighted by Crippen LogP contribution is 2.14. The van der Waals surface area contributed by atoms with Crippen molar-refractivity contribution in [3.05, 3.63) is 35.9 Å². The molecule has 1 aromatic rings. The highest BCUT2D eigenvalue weighted by molar-refractivity contribution is 7.15. The van der Waals surface area contributed by atoms with Crippen LogP contribution in [0.2, 0.25) is 0 Å². The second-order valence-corrected chi connectivity index (χ2v) is 2.93. The van der Waals surface area contributed by atoms with Crippen molar-refractivity contribution in [2.75, 3.05) is 0 Å². The Bertz CT molecular complexity index is 260. The molecule has 0 aliphatic heterocycles. The van der Waals surface area contributed by atoms with Crippen molar-refractivity contribution in [2.24, 2.45) is 0 Å². The lowest BCUT2D eigenvalue weighted by Crippen LogP contribution is -2.18. The standard InChI is InChI=1S/C9H12NOP/c1-7(9(11)10-12)8-5-3-2-4-6-8/h2-7H,12H2,1H3,(H,10,11). The molecule has 1 rings (SSSR count). The average molecular weight is 181 g/mol. The molecule has 64 valence electrons. The summed E-state index contributed by atoms with van der Waals surface area (Å²) >= 11 is 0. The van der Waals surface area contributed by atoms with Crippen LogP contribution in [0.15, 0.2) is 30.3 Å². The van der Waals surface area contributed by atoms with Crippen LogP contribution in [-0.2, 0) is 4.79 Å². The Morgan fingerprint density at radius 2 is 2.00 bits per heavy atom. The zero-order valence-corrected chi connectivity index (χ0v) is 8.10. The second kappa shape index (κ2) is 4.22. The van der Waals surface area contributed by atoms with Crippen LogP contribution in [0.25, 0.3) is 0 Å². The van der Waals surface area contributed by atoms with Crippen LogP contribution >= 0.6 is 9.39 Å². The Kier molecular flexibility index (Phi) is 3.24. The second-order valence-electron chi connectivity index (χ2n) is 2.64. The number of hydrogen-bond donors (Lipinski definition) is 1. The Morgan fingerprint density at radius 1 is 1.42 bits per heavy atom. The first-order valence-corrected chi connectivity index (χ1v) is 4.39. The van der Waals surface area contributed by atoms with Gasteiger partial charge < -0.3 is 5.09 Å². The van der Waals surface area contributed by atoms with Gasteiger partial charge in [-0.1, -0.05) is 30.3 Å². The number of amides is 1. The van der Waals surface area contributed by atoms with E-state index in [9.17, 15) is 4.79 Å². The molecule has 0 bridgehead atoms. The van der Waals surface area contributed by atoms with Crippen molar-refractivity contribution >= 4 is 15.3 Å². The first kappa shape index (κ1) is 9.21. The fraction of sp³-hybridized carbons (Fsp3) is 0.222. The van der Waals surface area contributed by atoms with Crippen LogP contribution in [0.3, 0.4) is 0 Å². The Labute approximate surface area is 74.6 Å². The van der Waals surface area contributed by atoms with Gasteiger partial charge in [0.25, 0.3) is 0 Å². The summed E-state index contributed by atoms with van der Waals surface area (Å²) in [5.41, 5.74) is 1.04. The Morgan fingerprint density at radius 3 is 2.50 bits per heavy atom. The molecule has 0 heterocycles. The van der Waals surface area contributed by atoms with Gasteiger partial charge in [-0.25, -0.2) is 0 Å². The molecule has 2 atom stereocenters. The zero-order valence-electron chi connectivity index (χ0n) is 6.95. The fourth-order valence-electron chi connectivity index (χ4n) is 1.02. The highest BCUT2D eigenvalue weighted by atomic mass is 31.0. The van der Waals surface area contributed by atoms with E-state index in [0.29, 0.717) is 0 Å². The van der Waals surface area contributed by atoms with Gasteiger partial charge in [0.2, 0.25) is 5.91 Å². The maximum absolute atomic E-state index is 11.2. The van der Waals surface area contributed by atoms with E-state index >= 15 is 0 Å². The summed E-state index contributed by atoms with van der Waals surface area (Å²) in [4.78, 5) is 11.2. The van der Waals surface area contributed by atoms with Gasteiger partial charge in [0, 0.05) is 0 Å². The van der Waals surface area contributed by atoms with E-state index in [1.165, 1.54) is 0 Å². The Hall–Kier alpha value is -0.880. The van der Waals surface area contributed by atoms with Crippen molar-refractivity contribution in [3.63, 3.8) is 0 Å². The van der Waals surface area contributed by atoms with Gasteiger partial charge >= 0.3 is 0 Å². The topological polar surface area (TPSA) is 29.1 Å². The highest BCUT2D eigenvalue weighted by Gasteiger charge is 2.11. The van der Waals surface area contributed by atoms with Gasteiger partial charge in [0.05, 0.1) is 5.92 Å². The third kappa shape index (κ3) is 2.05. The van der Waals surface area contributed by atoms with Gasteiger partial charge in [-0.3, -0.25) is 4.79 Å². The van der Waals surface area contributed by atoms with E-state index in [0.717, 1.165) is 5.56 Å². The minimum absolute atomic E-state index is 0.0196. The molecule has 0 saturated heterocycles. The summed E-state index contributed by atoms with van der Waals surface area (Å²) in [5.74, 6) is -0.0603. The van der Waals surface area contributed by atoms with Crippen LogP contribution in [0, 0.1) is 0 Å². The van der Waals surface area contributed by atoms with Crippen molar-refractivity contribution in [1.82, 2.24) is 5.09 Å². The van der Waals surface area contributed by atoms with Crippen LogP contribution in [-0.4, -0.2) is 5.91 Å². The van der Waals surface area contributed by atoms with Crippen LogP contribution in [0.4, 0.5) is 0 Å². The number of carbonyl (C=O) groups is 1. The number of hydrogen-bond acceptors (Lipinski definition) is 1. The van der Waals surface area contributed by atoms with E-state index in [4.69, 9.17) is 0 Å². The van der Waals surface area contributed by atoms with E-state index < -0.39 is 0 Å². The number of carbonyl (C=O) groups excluding carboxylic acids is 1. The summed E-state index contributed by atoms with van der Waals surface area (Å²) in [6.45, 7) is 1.88. The largest absolute Gasteiger partial charge is 0.340 e. The molecule has 1 amide bonds. The SMILES string of the molecule is CC(C(=O)NP)c1ccccc1. The first-order valence-electron chi connectivity index (χ1n) is 3.81. The molecule has 0 saturated carbocycles. The van der Waals surface area contributed by atoms with E-state index in [-0.39, 0.29) is 11.8 Å². The van der Waals surface area contributed by atoms with Crippen LogP contribution in [0.1, 0.15) is 18.4 Å². The lowest BCUT2D eigenvalue weighted by Gasteiger charge is -2.08. The molecule has 0 spiro atoms. The van der Waals surface area contributed by atoms with Crippen molar-refractivity contribution < 1.29 is 4.79 Å². The Balaban J connectivity index is 2.78. The maximum atomic E-state index is 11.2. The summed E-state index contributed by atoms with van der Waals surface area (Å²) in [7, 11) is 2.21. The zero-order chi connectivity index (χ0) is 8.97. The normalized spacial score (nSPS) is 12.2. The van der Waals surface area contributed by atoms with Gasteiger partial charge in [0.1, 0.15) is 0 Å². The minimum Gasteiger partial charge on any atom is -0.340 e. The van der Waals surface area contributed by atoms with Crippen molar-refractivity contribution in [1.29, 1.82) is 0 Å². The predicted molar refractivity (Wildman–Crippen MR) is 52.7 cm³/mol. The van der Waals surface area contributed by atoms with Gasteiger partial charge in [-0.15, -0.1) is 0 Å². The summed E-state index contributed by atoms with van der Waals surface area (Å²) in [6, 6.07) is 9.70. The summed E-state index contributed by atoms with van der Waals surface area (Å²) in [6.07, 6.45) is 0. The third-order valence-corrected chi connectivity index (χ3v) is 2.12. The third-order valence-electron chi connectivity index (χ3n) is 1.84. The average Bonchev–Trinajstić information content (AvgIpc) is 2.17. The number of rotatable bonds is 2. The minimum atomic E-state index is -0.0799. The summed E-state index contributed by atoms with van der Waals surface area (Å²) in [5, 5.41) is 2.54. The molecule has 0 fully saturated rings. The molecule has 0 aliphatic rings. The van der Waals surface area contributed by atoms with Crippen LogP contribution < -0.4 is 5.09 Å². The van der Waals surface area contributed by atoms with Gasteiger partial charge in [0.15, 0.2) is 0 Å². The van der Waals surface area contributed by atoms with E-state index in [2.05, 4.69) is 14.5 Å². The smallest absolute Gasteiger partial charge is 0.230 e. The molecule has 1 aromatic carbocycles. The van der Waals surface area contributed by atoms with Crippen LogP contribution in [0.5, 0.6) is 0 Å². The molecule has 2 nitrogen and oxygen atoms in total. The molecule has 0 aromatic heterocycles. The number of nitrogens with one attached hydrogen (secondary N) is 1. The number of benzene rings is 1. The molecule has 2 unspecified atom stereocenters. The lowest BCUT2D eigenvalue weighted by atomic mass is 10.0. The molecule has 0 radical (unpaired) electrons. The predicted octanol–water partition coefficient (Wildman–Crippen LogP) is 1.70. The first-order chi connectivity index (χ1) is 5.75. The molecule has 1 N–H and O–H groups in total. The molecule has 12 heavy (non-hydrogen) atoms. The molecule has 3 heteroatoms. The van der Waals surface area contributed by atoms with Gasteiger partial charge in [-0.05, 0) is 21.9 Å². The quantitative estimate of drug-likeness (QED) is 0.691. The van der Waals surface area contributed by atoms with Crippen molar-refractivity contribution in [2.45, 2.75) is 12.8 Å². The molecular formula is C9H12NOP. The fourth-order valence-corrected chi connectivity index (χ4v) is 1.27. The molecule has 0 aliphatic carbocycles. The van der Waals surface area contributed by atoms with Gasteiger partial charge in [-0.2, -0.15) is 0 Å². The van der Waals surface area contributed by atoms with Crippen molar-refractivity contribution in [3.8, 4) is 0 Å².